The summed E-state index contributed by atoms with van der Waals surface area (Å²) in [6, 6.07) is 6.99. The largest absolute Gasteiger partial charge is 0.324 e. The Kier molecular flexibility index (Phi) is 4.45. The molecule has 1 N–H and O–H groups in total. The van der Waals surface area contributed by atoms with E-state index < -0.39 is 16.1 Å². The molecule has 1 aromatic carbocycles. The van der Waals surface area contributed by atoms with Gasteiger partial charge in [-0.05, 0) is 30.9 Å². The number of benzene rings is 1. The van der Waals surface area contributed by atoms with Gasteiger partial charge < -0.3 is 5.32 Å². The number of para-hydroxylation sites is 1. The highest BCUT2D eigenvalue weighted by molar-refractivity contribution is 7.88. The third kappa shape index (κ3) is 3.19. The highest BCUT2D eigenvalue weighted by atomic mass is 32.2. The fourth-order valence-electron chi connectivity index (χ4n) is 2.57. The third-order valence-corrected chi connectivity index (χ3v) is 4.88. The zero-order chi connectivity index (χ0) is 14.8. The lowest BCUT2D eigenvalue weighted by atomic mass is 10.1. The van der Waals surface area contributed by atoms with Crippen LogP contribution in [0, 0.1) is 0 Å². The van der Waals surface area contributed by atoms with E-state index in [9.17, 15) is 13.2 Å². The van der Waals surface area contributed by atoms with Crippen molar-refractivity contribution in [2.75, 3.05) is 18.1 Å². The van der Waals surface area contributed by atoms with Crippen molar-refractivity contribution in [2.24, 2.45) is 0 Å². The van der Waals surface area contributed by atoms with Crippen molar-refractivity contribution < 1.29 is 13.2 Å². The van der Waals surface area contributed by atoms with Gasteiger partial charge in [0.15, 0.2) is 0 Å². The number of hydrogen-bond donors (Lipinski definition) is 1. The smallest absolute Gasteiger partial charge is 0.242 e. The second-order valence-corrected chi connectivity index (χ2v) is 6.97. The van der Waals surface area contributed by atoms with Crippen molar-refractivity contribution in [1.29, 1.82) is 0 Å². The molecule has 6 heteroatoms. The van der Waals surface area contributed by atoms with Crippen LogP contribution in [0.3, 0.4) is 0 Å². The summed E-state index contributed by atoms with van der Waals surface area (Å²) in [4.78, 5) is 12.3. The van der Waals surface area contributed by atoms with Gasteiger partial charge >= 0.3 is 0 Å². The molecule has 1 saturated heterocycles. The Hall–Kier alpha value is -1.40. The molecule has 0 spiro atoms. The van der Waals surface area contributed by atoms with Gasteiger partial charge in [0.2, 0.25) is 15.9 Å². The fraction of sp³-hybridized carbons (Fsp3) is 0.500. The Morgan fingerprint density at radius 3 is 2.75 bits per heavy atom. The van der Waals surface area contributed by atoms with E-state index in [0.717, 1.165) is 30.3 Å². The number of aryl methyl sites for hydroxylation is 1. The first-order chi connectivity index (χ1) is 9.43. The van der Waals surface area contributed by atoms with Gasteiger partial charge in [-0.3, -0.25) is 4.79 Å². The molecule has 1 aliphatic rings. The van der Waals surface area contributed by atoms with E-state index in [-0.39, 0.29) is 5.91 Å². The lowest BCUT2D eigenvalue weighted by Gasteiger charge is -2.22. The number of sulfonamides is 1. The van der Waals surface area contributed by atoms with Gasteiger partial charge in [-0.15, -0.1) is 0 Å². The summed E-state index contributed by atoms with van der Waals surface area (Å²) in [6.07, 6.45) is 3.27. The minimum atomic E-state index is -3.33. The number of rotatable bonds is 4. The Morgan fingerprint density at radius 1 is 1.40 bits per heavy atom. The topological polar surface area (TPSA) is 66.5 Å². The van der Waals surface area contributed by atoms with Crippen molar-refractivity contribution in [3.8, 4) is 0 Å². The lowest BCUT2D eigenvalue weighted by Crippen LogP contribution is -2.42. The standard InChI is InChI=1S/C14H20N2O3S/c1-3-11-7-4-5-8-12(11)15-14(17)13-9-6-10-16(13)20(2,18)19/h4-5,7-8,13H,3,6,9-10H2,1-2H3,(H,15,17). The van der Waals surface area contributed by atoms with Crippen molar-refractivity contribution in [1.82, 2.24) is 4.31 Å². The van der Waals surface area contributed by atoms with Crippen LogP contribution >= 0.6 is 0 Å². The maximum atomic E-state index is 12.3. The quantitative estimate of drug-likeness (QED) is 0.918. The molecule has 0 bridgehead atoms. The van der Waals surface area contributed by atoms with Gasteiger partial charge in [0.1, 0.15) is 6.04 Å². The molecule has 0 radical (unpaired) electrons. The molecule has 0 saturated carbocycles. The zero-order valence-electron chi connectivity index (χ0n) is 11.8. The predicted octanol–water partition coefficient (Wildman–Crippen LogP) is 1.61. The Morgan fingerprint density at radius 2 is 2.10 bits per heavy atom. The molecule has 0 aromatic heterocycles. The zero-order valence-corrected chi connectivity index (χ0v) is 12.6. The van der Waals surface area contributed by atoms with Gasteiger partial charge in [0.05, 0.1) is 6.26 Å². The number of carbonyl (C=O) groups is 1. The highest BCUT2D eigenvalue weighted by Crippen LogP contribution is 2.23. The Labute approximate surface area is 120 Å². The van der Waals surface area contributed by atoms with Crippen LogP contribution < -0.4 is 5.32 Å². The van der Waals surface area contributed by atoms with Crippen LogP contribution in [0.25, 0.3) is 0 Å². The molecule has 2 rings (SSSR count). The molecule has 1 amide bonds. The first-order valence-corrected chi connectivity index (χ1v) is 8.64. The molecule has 1 heterocycles. The maximum absolute atomic E-state index is 12.3. The van der Waals surface area contributed by atoms with E-state index in [1.807, 2.05) is 31.2 Å². The summed E-state index contributed by atoms with van der Waals surface area (Å²) >= 11 is 0. The van der Waals surface area contributed by atoms with Crippen molar-refractivity contribution in [3.63, 3.8) is 0 Å². The number of amides is 1. The number of carbonyl (C=O) groups excluding carboxylic acids is 1. The van der Waals surface area contributed by atoms with E-state index >= 15 is 0 Å². The van der Waals surface area contributed by atoms with Crippen molar-refractivity contribution in [3.05, 3.63) is 29.8 Å². The molecule has 1 atom stereocenters. The number of hydrogen-bond acceptors (Lipinski definition) is 3. The highest BCUT2D eigenvalue weighted by Gasteiger charge is 2.36. The molecule has 1 aromatic rings. The van der Waals surface area contributed by atoms with Crippen molar-refractivity contribution in [2.45, 2.75) is 32.2 Å². The molecule has 110 valence electrons. The number of anilines is 1. The molecule has 5 nitrogen and oxygen atoms in total. The SMILES string of the molecule is CCc1ccccc1NC(=O)C1CCCN1S(C)(=O)=O. The number of nitrogens with one attached hydrogen (secondary N) is 1. The summed E-state index contributed by atoms with van der Waals surface area (Å²) < 4.78 is 24.6. The van der Waals surface area contributed by atoms with Gasteiger partial charge in [-0.1, -0.05) is 25.1 Å². The van der Waals surface area contributed by atoms with Crippen LogP contribution in [0.1, 0.15) is 25.3 Å². The average Bonchev–Trinajstić information content (AvgIpc) is 2.88. The molecular formula is C14H20N2O3S. The van der Waals surface area contributed by atoms with Crippen molar-refractivity contribution >= 4 is 21.6 Å². The monoisotopic (exact) mass is 296 g/mol. The van der Waals surface area contributed by atoms with E-state index in [1.54, 1.807) is 0 Å². The van der Waals surface area contributed by atoms with Crippen LogP contribution in [-0.4, -0.2) is 37.5 Å². The Bertz CT molecular complexity index is 598. The molecule has 1 aliphatic heterocycles. The summed E-state index contributed by atoms with van der Waals surface area (Å²) in [7, 11) is -3.33. The fourth-order valence-corrected chi connectivity index (χ4v) is 3.69. The van der Waals surface area contributed by atoms with Gasteiger partial charge in [-0.25, -0.2) is 8.42 Å². The average molecular weight is 296 g/mol. The van der Waals surface area contributed by atoms with Gasteiger partial charge in [0, 0.05) is 12.2 Å². The molecule has 1 fully saturated rings. The van der Waals surface area contributed by atoms with Crippen LogP contribution in [-0.2, 0) is 21.2 Å². The minimum absolute atomic E-state index is 0.242. The van der Waals surface area contributed by atoms with Crippen LogP contribution in [0.5, 0.6) is 0 Å². The van der Waals surface area contributed by atoms with E-state index in [4.69, 9.17) is 0 Å². The number of nitrogens with zero attached hydrogens (tertiary/aromatic N) is 1. The summed E-state index contributed by atoms with van der Waals surface area (Å²) in [5, 5.41) is 2.86. The van der Waals surface area contributed by atoms with Gasteiger partial charge in [-0.2, -0.15) is 4.31 Å². The summed E-state index contributed by atoms with van der Waals surface area (Å²) in [5.41, 5.74) is 1.81. The molecular weight excluding hydrogens is 276 g/mol. The van der Waals surface area contributed by atoms with E-state index in [1.165, 1.54) is 4.31 Å². The minimum Gasteiger partial charge on any atom is -0.324 e. The lowest BCUT2D eigenvalue weighted by molar-refractivity contribution is -0.119. The summed E-state index contributed by atoms with van der Waals surface area (Å²) in [6.45, 7) is 2.44. The second kappa shape index (κ2) is 5.93. The van der Waals surface area contributed by atoms with Gasteiger partial charge in [0.25, 0.3) is 0 Å². The van der Waals surface area contributed by atoms with Crippen LogP contribution in [0.15, 0.2) is 24.3 Å². The first kappa shape index (κ1) is 15.0. The third-order valence-electron chi connectivity index (χ3n) is 3.59. The first-order valence-electron chi connectivity index (χ1n) is 6.79. The maximum Gasteiger partial charge on any atom is 0.242 e. The molecule has 1 unspecified atom stereocenters. The van der Waals surface area contributed by atoms with Crippen LogP contribution in [0.4, 0.5) is 5.69 Å². The summed E-state index contributed by atoms with van der Waals surface area (Å²) in [5.74, 6) is -0.242. The molecule has 0 aliphatic carbocycles. The normalized spacial score (nSPS) is 20.0. The second-order valence-electron chi connectivity index (χ2n) is 5.03. The van der Waals surface area contributed by atoms with E-state index in [2.05, 4.69) is 5.32 Å². The molecule has 20 heavy (non-hydrogen) atoms. The van der Waals surface area contributed by atoms with E-state index in [0.29, 0.717) is 13.0 Å². The van der Waals surface area contributed by atoms with Crippen LogP contribution in [0.2, 0.25) is 0 Å². The predicted molar refractivity (Wildman–Crippen MR) is 79.0 cm³/mol. The Balaban J connectivity index is 2.16.